The van der Waals surface area contributed by atoms with Gasteiger partial charge in [0.1, 0.15) is 0 Å². The number of nitrogens with one attached hydrogen (secondary N) is 1. The Morgan fingerprint density at radius 3 is 2.85 bits per heavy atom. The smallest absolute Gasteiger partial charge is 0.0706 e. The lowest BCUT2D eigenvalue weighted by Gasteiger charge is -2.15. The summed E-state index contributed by atoms with van der Waals surface area (Å²) in [7, 11) is 0. The van der Waals surface area contributed by atoms with Gasteiger partial charge in [0, 0.05) is 29.4 Å². The number of benzene rings is 1. The largest absolute Gasteiger partial charge is 0.306 e. The first-order valence-corrected chi connectivity index (χ1v) is 7.02. The van der Waals surface area contributed by atoms with Crippen LogP contribution in [0.15, 0.2) is 54.9 Å². The van der Waals surface area contributed by atoms with Gasteiger partial charge in [0.2, 0.25) is 0 Å². The lowest BCUT2D eigenvalue weighted by molar-refractivity contribution is 0.576. The molecule has 3 aromatic rings. The van der Waals surface area contributed by atoms with Gasteiger partial charge in [-0.2, -0.15) is 5.10 Å². The Kier molecular flexibility index (Phi) is 3.72. The van der Waals surface area contributed by atoms with Gasteiger partial charge >= 0.3 is 0 Å². The maximum Gasteiger partial charge on any atom is 0.0706 e. The predicted octanol–water partition coefficient (Wildman–Crippen LogP) is 3.84. The average molecular weight is 286 g/mol. The van der Waals surface area contributed by atoms with E-state index in [1.807, 2.05) is 47.2 Å². The van der Waals surface area contributed by atoms with Crippen molar-refractivity contribution in [2.24, 2.45) is 0 Å². The predicted molar refractivity (Wildman–Crippen MR) is 81.9 cm³/mol. The van der Waals surface area contributed by atoms with Crippen molar-refractivity contribution in [1.29, 1.82) is 0 Å². The summed E-state index contributed by atoms with van der Waals surface area (Å²) in [6.45, 7) is 2.88. The van der Waals surface area contributed by atoms with E-state index in [2.05, 4.69) is 29.5 Å². The van der Waals surface area contributed by atoms with Crippen LogP contribution in [-0.2, 0) is 6.54 Å². The van der Waals surface area contributed by atoms with Gasteiger partial charge in [-0.1, -0.05) is 35.9 Å². The summed E-state index contributed by atoms with van der Waals surface area (Å²) in [5.74, 6) is 0. The van der Waals surface area contributed by atoms with Crippen molar-refractivity contribution in [3.05, 3.63) is 71.0 Å². The molecule has 0 bridgehead atoms. The molecule has 3 nitrogen and oxygen atoms in total. The quantitative estimate of drug-likeness (QED) is 0.789. The van der Waals surface area contributed by atoms with Crippen molar-refractivity contribution in [2.75, 3.05) is 0 Å². The van der Waals surface area contributed by atoms with Gasteiger partial charge < -0.3 is 5.32 Å². The summed E-state index contributed by atoms with van der Waals surface area (Å²) >= 11 is 6.22. The molecule has 0 amide bonds. The van der Waals surface area contributed by atoms with Crippen molar-refractivity contribution in [2.45, 2.75) is 19.5 Å². The van der Waals surface area contributed by atoms with E-state index in [4.69, 9.17) is 11.6 Å². The number of rotatable bonds is 4. The number of hydrogen-bond donors (Lipinski definition) is 1. The molecule has 0 saturated carbocycles. The maximum absolute atomic E-state index is 6.22. The molecule has 0 aliphatic carbocycles. The van der Waals surface area contributed by atoms with Crippen LogP contribution in [0, 0.1) is 0 Å². The molecule has 0 spiro atoms. The standard InChI is InChI=1S/C16H16ClN3/c1-12(14-6-2-3-7-15(14)17)18-10-13-11-19-20-9-5-4-8-16(13)20/h2-9,11-12,18H,10H2,1H3/t12-/m0/s1. The molecule has 102 valence electrons. The summed E-state index contributed by atoms with van der Waals surface area (Å²) in [5.41, 5.74) is 3.43. The van der Waals surface area contributed by atoms with E-state index in [9.17, 15) is 0 Å². The zero-order chi connectivity index (χ0) is 13.9. The van der Waals surface area contributed by atoms with Gasteiger partial charge in [-0.15, -0.1) is 0 Å². The molecule has 0 unspecified atom stereocenters. The van der Waals surface area contributed by atoms with Crippen LogP contribution >= 0.6 is 11.6 Å². The Bertz CT molecular complexity index is 720. The summed E-state index contributed by atoms with van der Waals surface area (Å²) in [4.78, 5) is 0. The van der Waals surface area contributed by atoms with E-state index in [1.54, 1.807) is 0 Å². The van der Waals surface area contributed by atoms with Gasteiger partial charge in [-0.3, -0.25) is 0 Å². The lowest BCUT2D eigenvalue weighted by atomic mass is 10.1. The summed E-state index contributed by atoms with van der Waals surface area (Å²) in [6, 6.07) is 14.2. The molecule has 3 rings (SSSR count). The second-order valence-electron chi connectivity index (χ2n) is 4.82. The second kappa shape index (κ2) is 5.65. The highest BCUT2D eigenvalue weighted by Gasteiger charge is 2.10. The van der Waals surface area contributed by atoms with Crippen molar-refractivity contribution in [3.63, 3.8) is 0 Å². The molecule has 0 saturated heterocycles. The SMILES string of the molecule is C[C@H](NCc1cnn2ccccc12)c1ccccc1Cl. The van der Waals surface area contributed by atoms with Crippen molar-refractivity contribution >= 4 is 17.1 Å². The third-order valence-electron chi connectivity index (χ3n) is 3.48. The molecule has 1 N–H and O–H groups in total. The van der Waals surface area contributed by atoms with Crippen molar-refractivity contribution in [1.82, 2.24) is 14.9 Å². The van der Waals surface area contributed by atoms with Gasteiger partial charge in [0.15, 0.2) is 0 Å². The van der Waals surface area contributed by atoms with Crippen LogP contribution in [0.3, 0.4) is 0 Å². The number of hydrogen-bond acceptors (Lipinski definition) is 2. The third-order valence-corrected chi connectivity index (χ3v) is 3.82. The second-order valence-corrected chi connectivity index (χ2v) is 5.23. The van der Waals surface area contributed by atoms with Crippen LogP contribution in [0.25, 0.3) is 5.52 Å². The lowest BCUT2D eigenvalue weighted by Crippen LogP contribution is -2.18. The minimum absolute atomic E-state index is 0.197. The molecular formula is C16H16ClN3. The van der Waals surface area contributed by atoms with Crippen LogP contribution in [0.4, 0.5) is 0 Å². The summed E-state index contributed by atoms with van der Waals surface area (Å²) in [5, 5.41) is 8.63. The maximum atomic E-state index is 6.22. The number of halogens is 1. The molecule has 0 fully saturated rings. The van der Waals surface area contributed by atoms with Crippen LogP contribution in [0.2, 0.25) is 5.02 Å². The van der Waals surface area contributed by atoms with E-state index >= 15 is 0 Å². The number of nitrogens with zero attached hydrogens (tertiary/aromatic N) is 2. The van der Waals surface area contributed by atoms with Gasteiger partial charge in [-0.05, 0) is 30.7 Å². The normalized spacial score (nSPS) is 12.7. The fraction of sp³-hybridized carbons (Fsp3) is 0.188. The fourth-order valence-electron chi connectivity index (χ4n) is 2.32. The molecule has 0 aliphatic heterocycles. The molecule has 1 aromatic carbocycles. The van der Waals surface area contributed by atoms with Crippen molar-refractivity contribution in [3.8, 4) is 0 Å². The third kappa shape index (κ3) is 2.55. The molecule has 20 heavy (non-hydrogen) atoms. The Hall–Kier alpha value is -1.84. The van der Waals surface area contributed by atoms with Crippen LogP contribution in [0.1, 0.15) is 24.1 Å². The molecule has 0 aliphatic rings. The number of pyridine rings is 1. The number of fused-ring (bicyclic) bond motifs is 1. The Balaban J connectivity index is 1.75. The van der Waals surface area contributed by atoms with E-state index in [-0.39, 0.29) is 6.04 Å². The summed E-state index contributed by atoms with van der Waals surface area (Å²) in [6.07, 6.45) is 3.86. The van der Waals surface area contributed by atoms with Crippen LogP contribution in [0.5, 0.6) is 0 Å². The zero-order valence-electron chi connectivity index (χ0n) is 11.3. The molecule has 2 heterocycles. The number of aromatic nitrogens is 2. The Morgan fingerprint density at radius 2 is 2.00 bits per heavy atom. The van der Waals surface area contributed by atoms with Crippen LogP contribution in [-0.4, -0.2) is 9.61 Å². The molecule has 1 atom stereocenters. The van der Waals surface area contributed by atoms with E-state index < -0.39 is 0 Å². The molecule has 2 aromatic heterocycles. The molecule has 0 radical (unpaired) electrons. The van der Waals surface area contributed by atoms with Gasteiger partial charge in [-0.25, -0.2) is 4.52 Å². The molecular weight excluding hydrogens is 270 g/mol. The first-order chi connectivity index (χ1) is 9.75. The summed E-state index contributed by atoms with van der Waals surface area (Å²) < 4.78 is 1.89. The van der Waals surface area contributed by atoms with E-state index in [0.717, 1.165) is 22.6 Å². The first-order valence-electron chi connectivity index (χ1n) is 6.65. The van der Waals surface area contributed by atoms with Gasteiger partial charge in [0.05, 0.1) is 11.7 Å². The average Bonchev–Trinajstić information content (AvgIpc) is 2.88. The highest BCUT2D eigenvalue weighted by atomic mass is 35.5. The monoisotopic (exact) mass is 285 g/mol. The minimum Gasteiger partial charge on any atom is -0.306 e. The fourth-order valence-corrected chi connectivity index (χ4v) is 2.62. The Labute approximate surface area is 123 Å². The van der Waals surface area contributed by atoms with Crippen LogP contribution < -0.4 is 5.32 Å². The zero-order valence-corrected chi connectivity index (χ0v) is 12.0. The highest BCUT2D eigenvalue weighted by Crippen LogP contribution is 2.22. The topological polar surface area (TPSA) is 29.3 Å². The van der Waals surface area contributed by atoms with E-state index in [1.165, 1.54) is 5.56 Å². The van der Waals surface area contributed by atoms with Crippen molar-refractivity contribution < 1.29 is 0 Å². The molecule has 4 heteroatoms. The van der Waals surface area contributed by atoms with E-state index in [0.29, 0.717) is 0 Å². The highest BCUT2D eigenvalue weighted by molar-refractivity contribution is 6.31. The van der Waals surface area contributed by atoms with Gasteiger partial charge in [0.25, 0.3) is 0 Å². The first kappa shape index (κ1) is 13.2. The Morgan fingerprint density at radius 1 is 1.20 bits per heavy atom. The minimum atomic E-state index is 0.197.